The molecule has 0 nitrogen and oxygen atoms in total. The number of allylic oxidation sites excluding steroid dienone is 2. The van der Waals surface area contributed by atoms with Gasteiger partial charge in [-0.25, -0.2) is 0 Å². The third-order valence-corrected chi connectivity index (χ3v) is 32.8. The van der Waals surface area contributed by atoms with Gasteiger partial charge >= 0.3 is 365 Å². The van der Waals surface area contributed by atoms with E-state index in [2.05, 4.69) is 177 Å². The molecule has 0 radical (unpaired) electrons. The van der Waals surface area contributed by atoms with Crippen LogP contribution < -0.4 is 0 Å². The maximum atomic E-state index is 2.91. The van der Waals surface area contributed by atoms with Gasteiger partial charge in [0.2, 0.25) is 0 Å². The topological polar surface area (TPSA) is 0 Å². The van der Waals surface area contributed by atoms with Crippen molar-refractivity contribution in [3.8, 4) is 44.5 Å². The molecular weight excluding hydrogens is 816 g/mol. The van der Waals surface area contributed by atoms with Crippen LogP contribution in [0, 0.1) is 39.5 Å². The van der Waals surface area contributed by atoms with Gasteiger partial charge in [-0.05, 0) is 0 Å². The van der Waals surface area contributed by atoms with Crippen molar-refractivity contribution in [1.82, 2.24) is 0 Å². The number of fused-ring (bicyclic) bond motifs is 2. The Balaban J connectivity index is 1.25. The van der Waals surface area contributed by atoms with E-state index in [9.17, 15) is 0 Å². The van der Waals surface area contributed by atoms with Gasteiger partial charge in [-0.1, -0.05) is 0 Å². The first kappa shape index (κ1) is 40.0. The Morgan fingerprint density at radius 2 is 0.700 bits per heavy atom. The minimum absolute atomic E-state index is 0.441. The summed E-state index contributed by atoms with van der Waals surface area (Å²) in [7, 11) is 0. The van der Waals surface area contributed by atoms with E-state index in [-0.39, 0.29) is 0 Å². The monoisotopic (exact) mass is 876 g/mol. The van der Waals surface area contributed by atoms with Crippen molar-refractivity contribution < 1.29 is 17.4 Å². The van der Waals surface area contributed by atoms with E-state index < -0.39 is 17.4 Å². The van der Waals surface area contributed by atoms with Gasteiger partial charge < -0.3 is 0 Å². The van der Waals surface area contributed by atoms with E-state index >= 15 is 0 Å². The molecule has 0 aromatic heterocycles. The minimum atomic E-state index is -4.17. The van der Waals surface area contributed by atoms with Gasteiger partial charge in [0, 0.05) is 0 Å². The van der Waals surface area contributed by atoms with E-state index in [0.29, 0.717) is 7.25 Å². The van der Waals surface area contributed by atoms with Gasteiger partial charge in [0.1, 0.15) is 0 Å². The summed E-state index contributed by atoms with van der Waals surface area (Å²) in [4.78, 5) is 0. The molecule has 6 aromatic carbocycles. The first-order valence-corrected chi connectivity index (χ1v) is 36.7. The van der Waals surface area contributed by atoms with Crippen LogP contribution in [0.2, 0.25) is 9.26 Å². The van der Waals surface area contributed by atoms with Crippen molar-refractivity contribution >= 4 is 19.0 Å². The number of benzene rings is 6. The zero-order chi connectivity index (χ0) is 41.4. The van der Waals surface area contributed by atoms with Crippen molar-refractivity contribution in [2.45, 2.75) is 95.6 Å². The second kappa shape index (κ2) is 15.4. The molecule has 0 saturated heterocycles. The molecule has 4 aliphatic rings. The molecule has 0 amide bonds. The molecule has 2 fully saturated rings. The molecule has 10 rings (SSSR count). The summed E-state index contributed by atoms with van der Waals surface area (Å²) in [5.74, 6) is 1.59. The molecular formula is C58H62SiZr. The quantitative estimate of drug-likeness (QED) is 0.120. The van der Waals surface area contributed by atoms with Crippen molar-refractivity contribution in [1.29, 1.82) is 0 Å². The van der Waals surface area contributed by atoms with Gasteiger partial charge in [-0.2, -0.15) is 0 Å². The van der Waals surface area contributed by atoms with Crippen LogP contribution in [0.3, 0.4) is 0 Å². The summed E-state index contributed by atoms with van der Waals surface area (Å²) in [6.07, 6.45) is 16.2. The first-order chi connectivity index (χ1) is 28.9. The van der Waals surface area contributed by atoms with E-state index in [4.69, 9.17) is 0 Å². The fourth-order valence-corrected chi connectivity index (χ4v) is 31.3. The zero-order valence-electron chi connectivity index (χ0n) is 36.9. The Morgan fingerprint density at radius 3 is 0.983 bits per heavy atom. The standard InChI is InChI=1S/2C28H27.2CH3.H2Si.Zr/c2*1-19-6-10-23(11-7-19)25-14-15-26(24-12-8-20(2)9-13-24)28-18-22(17-27(25)28)16-21-4-3-5-21;;;;/h2*6-15,17-18,21H,3-5,16H2,1-2H3;2*1H3;1H2;. The summed E-state index contributed by atoms with van der Waals surface area (Å²) in [6, 6.07) is 47.6. The van der Waals surface area contributed by atoms with Gasteiger partial charge in [0.05, 0.1) is 0 Å². The van der Waals surface area contributed by atoms with Crippen LogP contribution in [-0.2, 0) is 17.4 Å². The van der Waals surface area contributed by atoms with Gasteiger partial charge in [0.25, 0.3) is 0 Å². The summed E-state index contributed by atoms with van der Waals surface area (Å²) >= 11 is -4.17. The molecule has 6 aromatic rings. The molecule has 0 spiro atoms. The molecule has 2 unspecified atom stereocenters. The predicted octanol–water partition coefficient (Wildman–Crippen LogP) is 15.9. The average Bonchev–Trinajstić information content (AvgIpc) is 3.80. The van der Waals surface area contributed by atoms with Crippen molar-refractivity contribution in [2.75, 3.05) is 0 Å². The third-order valence-electron chi connectivity index (χ3n) is 15.4. The van der Waals surface area contributed by atoms with E-state index in [1.54, 1.807) is 22.3 Å². The first-order valence-electron chi connectivity index (χ1n) is 23.0. The Bertz CT molecular complexity index is 2560. The van der Waals surface area contributed by atoms with Crippen LogP contribution in [0.5, 0.6) is 0 Å². The van der Waals surface area contributed by atoms with Crippen LogP contribution in [0.4, 0.5) is 0 Å². The van der Waals surface area contributed by atoms with Crippen LogP contribution >= 0.6 is 0 Å². The van der Waals surface area contributed by atoms with Crippen LogP contribution in [0.1, 0.15) is 103 Å². The van der Waals surface area contributed by atoms with Crippen molar-refractivity contribution in [2.24, 2.45) is 11.8 Å². The third kappa shape index (κ3) is 7.09. The van der Waals surface area contributed by atoms with E-state index in [0.717, 1.165) is 11.8 Å². The normalized spacial score (nSPS) is 19.0. The maximum absolute atomic E-state index is 4.17. The SMILES string of the molecule is Cc1ccc(-c2ccc(-c3ccc(C)cc3)c3c2C=C(CC2CCC2)[CH]3[Zr]([CH3])([CH3])(=[SiH2])[CH]2C(CC3CCC3)=Cc3c(-c4ccc(C)cc4)ccc(-c4ccc(C)cc4)c32)cc1. The summed E-state index contributed by atoms with van der Waals surface area (Å²) < 4.78 is 6.71. The molecule has 0 heterocycles. The van der Waals surface area contributed by atoms with Gasteiger partial charge in [-0.3, -0.25) is 0 Å². The molecule has 0 aliphatic heterocycles. The Labute approximate surface area is 362 Å². The Hall–Kier alpha value is -4.10. The summed E-state index contributed by atoms with van der Waals surface area (Å²) in [5.41, 5.74) is 26.2. The van der Waals surface area contributed by atoms with E-state index in [1.165, 1.54) is 129 Å². The van der Waals surface area contributed by atoms with Crippen molar-refractivity contribution in [3.05, 3.63) is 177 Å². The van der Waals surface area contributed by atoms with Crippen LogP contribution in [0.25, 0.3) is 56.7 Å². The molecule has 0 N–H and O–H groups in total. The second-order valence-corrected chi connectivity index (χ2v) is 51.2. The van der Waals surface area contributed by atoms with E-state index in [1.807, 2.05) is 0 Å². The van der Waals surface area contributed by atoms with Crippen LogP contribution in [0.15, 0.2) is 132 Å². The molecule has 2 heteroatoms. The number of rotatable bonds is 10. The fraction of sp³-hybridized carbons (Fsp3) is 0.310. The van der Waals surface area contributed by atoms with Crippen molar-refractivity contribution in [3.63, 3.8) is 0 Å². The predicted molar refractivity (Wildman–Crippen MR) is 259 cm³/mol. The molecule has 4 aliphatic carbocycles. The summed E-state index contributed by atoms with van der Waals surface area (Å²) in [5, 5.41) is 0. The number of hydrogen-bond acceptors (Lipinski definition) is 0. The molecule has 2 saturated carbocycles. The number of aryl methyl sites for hydroxylation is 4. The molecule has 302 valence electrons. The van der Waals surface area contributed by atoms with Gasteiger partial charge in [-0.15, -0.1) is 0 Å². The second-order valence-electron chi connectivity index (χ2n) is 20.7. The average molecular weight is 878 g/mol. The Kier molecular flexibility index (Phi) is 10.2. The molecule has 2 atom stereocenters. The summed E-state index contributed by atoms with van der Waals surface area (Å²) in [6.45, 7) is 11.4. The van der Waals surface area contributed by atoms with Gasteiger partial charge in [0.15, 0.2) is 0 Å². The van der Waals surface area contributed by atoms with Crippen LogP contribution in [-0.4, -0.2) is 6.88 Å². The number of hydrogen-bond donors (Lipinski definition) is 0. The zero-order valence-corrected chi connectivity index (χ0v) is 40.7. The molecule has 60 heavy (non-hydrogen) atoms. The fourth-order valence-electron chi connectivity index (χ4n) is 11.8. The Morgan fingerprint density at radius 1 is 0.417 bits per heavy atom. The molecule has 0 bridgehead atoms.